The molecule has 0 aromatic heterocycles. The minimum atomic E-state index is -3.20. The van der Waals surface area contributed by atoms with Crippen LogP contribution in [0.15, 0.2) is 17.0 Å². The first-order valence-electron chi connectivity index (χ1n) is 3.80. The topological polar surface area (TPSA) is 34.1 Å². The lowest BCUT2D eigenvalue weighted by molar-refractivity contribution is 0.602. The van der Waals surface area contributed by atoms with Gasteiger partial charge in [-0.25, -0.2) is 8.42 Å². The maximum Gasteiger partial charge on any atom is 0.177 e. The second-order valence-corrected chi connectivity index (χ2v) is 5.45. The van der Waals surface area contributed by atoms with Crippen molar-refractivity contribution in [1.29, 1.82) is 0 Å². The largest absolute Gasteiger partial charge is 0.224 e. The molecule has 0 saturated heterocycles. The van der Waals surface area contributed by atoms with Gasteiger partial charge in [0.15, 0.2) is 9.84 Å². The summed E-state index contributed by atoms with van der Waals surface area (Å²) >= 11 is 5.90. The van der Waals surface area contributed by atoms with Gasteiger partial charge in [0.2, 0.25) is 0 Å². The summed E-state index contributed by atoms with van der Waals surface area (Å²) in [6.07, 6.45) is 1.16. The predicted octanol–water partition coefficient (Wildman–Crippen LogP) is 2.36. The van der Waals surface area contributed by atoms with Gasteiger partial charge in [0.25, 0.3) is 0 Å². The van der Waals surface area contributed by atoms with Gasteiger partial charge >= 0.3 is 0 Å². The van der Waals surface area contributed by atoms with Crippen LogP contribution in [0.25, 0.3) is 0 Å². The second kappa shape index (κ2) is 3.31. The van der Waals surface area contributed by atoms with Crippen LogP contribution in [-0.2, 0) is 9.84 Å². The highest BCUT2D eigenvalue weighted by Gasteiger charge is 2.14. The highest BCUT2D eigenvalue weighted by atomic mass is 35.5. The SMILES string of the molecule is Cc1ccc(S(C)(=O)=O)c(Cl)c1C. The standard InChI is InChI=1S/C9H11ClO2S/c1-6-4-5-8(13(3,11)12)9(10)7(6)2/h4-5H,1-3H3. The molecule has 0 N–H and O–H groups in total. The highest BCUT2D eigenvalue weighted by molar-refractivity contribution is 7.90. The first-order chi connectivity index (χ1) is 5.84. The molecule has 0 fully saturated rings. The van der Waals surface area contributed by atoms with E-state index in [2.05, 4.69) is 0 Å². The Labute approximate surface area is 83.5 Å². The van der Waals surface area contributed by atoms with Crippen molar-refractivity contribution in [3.63, 3.8) is 0 Å². The Bertz CT molecular complexity index is 435. The predicted molar refractivity (Wildman–Crippen MR) is 54.0 cm³/mol. The molecule has 2 nitrogen and oxygen atoms in total. The van der Waals surface area contributed by atoms with Crippen LogP contribution in [0, 0.1) is 13.8 Å². The Morgan fingerprint density at radius 1 is 1.23 bits per heavy atom. The molecule has 0 bridgehead atoms. The van der Waals surface area contributed by atoms with E-state index in [1.54, 1.807) is 12.1 Å². The van der Waals surface area contributed by atoms with Crippen LogP contribution in [0.1, 0.15) is 11.1 Å². The quantitative estimate of drug-likeness (QED) is 0.725. The lowest BCUT2D eigenvalue weighted by Gasteiger charge is -2.06. The van der Waals surface area contributed by atoms with Crippen LogP contribution in [-0.4, -0.2) is 14.7 Å². The molecule has 0 amide bonds. The normalized spacial score (nSPS) is 11.7. The van der Waals surface area contributed by atoms with Gasteiger partial charge in [0.05, 0.1) is 9.92 Å². The Morgan fingerprint density at radius 3 is 2.23 bits per heavy atom. The molecule has 0 aliphatic heterocycles. The molecule has 0 atom stereocenters. The summed E-state index contributed by atoms with van der Waals surface area (Å²) in [6.45, 7) is 3.71. The molecule has 0 radical (unpaired) electrons. The molecule has 72 valence electrons. The number of hydrogen-bond donors (Lipinski definition) is 0. The van der Waals surface area contributed by atoms with Crippen LogP contribution in [0.4, 0.5) is 0 Å². The molecule has 0 saturated carbocycles. The van der Waals surface area contributed by atoms with Crippen LogP contribution in [0.3, 0.4) is 0 Å². The van der Waals surface area contributed by atoms with Crippen molar-refractivity contribution in [2.45, 2.75) is 18.7 Å². The maximum atomic E-state index is 11.2. The van der Waals surface area contributed by atoms with E-state index < -0.39 is 9.84 Å². The Hall–Kier alpha value is -0.540. The van der Waals surface area contributed by atoms with Gasteiger partial charge < -0.3 is 0 Å². The Kier molecular flexibility index (Phi) is 2.68. The summed E-state index contributed by atoms with van der Waals surface area (Å²) in [5, 5.41) is 0.336. The van der Waals surface area contributed by atoms with Crippen molar-refractivity contribution in [3.8, 4) is 0 Å². The fourth-order valence-corrected chi connectivity index (χ4v) is 2.47. The number of benzene rings is 1. The monoisotopic (exact) mass is 218 g/mol. The summed E-state index contributed by atoms with van der Waals surface area (Å²) in [5.74, 6) is 0. The molecule has 0 spiro atoms. The summed E-state index contributed by atoms with van der Waals surface area (Å²) in [4.78, 5) is 0.206. The third-order valence-electron chi connectivity index (χ3n) is 2.02. The number of aryl methyl sites for hydroxylation is 1. The Balaban J connectivity index is 3.53. The molecule has 1 rings (SSSR count). The van der Waals surface area contributed by atoms with E-state index in [9.17, 15) is 8.42 Å². The highest BCUT2D eigenvalue weighted by Crippen LogP contribution is 2.26. The smallest absolute Gasteiger partial charge is 0.177 e. The summed E-state index contributed by atoms with van der Waals surface area (Å²) in [6, 6.07) is 3.30. The molecule has 0 aliphatic rings. The van der Waals surface area contributed by atoms with Crippen LogP contribution < -0.4 is 0 Å². The van der Waals surface area contributed by atoms with E-state index in [0.29, 0.717) is 5.02 Å². The van der Waals surface area contributed by atoms with E-state index in [1.165, 1.54) is 0 Å². The zero-order chi connectivity index (χ0) is 10.2. The minimum Gasteiger partial charge on any atom is -0.224 e. The fraction of sp³-hybridized carbons (Fsp3) is 0.333. The van der Waals surface area contributed by atoms with Crippen molar-refractivity contribution in [1.82, 2.24) is 0 Å². The maximum absolute atomic E-state index is 11.2. The number of hydrogen-bond acceptors (Lipinski definition) is 2. The number of sulfone groups is 1. The van der Waals surface area contributed by atoms with Crippen molar-refractivity contribution in [2.75, 3.05) is 6.26 Å². The van der Waals surface area contributed by atoms with E-state index in [4.69, 9.17) is 11.6 Å². The third-order valence-corrected chi connectivity index (χ3v) is 3.76. The van der Waals surface area contributed by atoms with E-state index >= 15 is 0 Å². The molecule has 0 unspecified atom stereocenters. The summed E-state index contributed by atoms with van der Waals surface area (Å²) in [5.41, 5.74) is 1.82. The van der Waals surface area contributed by atoms with Gasteiger partial charge in [0.1, 0.15) is 0 Å². The molecule has 1 aromatic carbocycles. The van der Waals surface area contributed by atoms with Gasteiger partial charge in [-0.05, 0) is 31.0 Å². The fourth-order valence-electron chi connectivity index (χ4n) is 1.04. The van der Waals surface area contributed by atoms with Gasteiger partial charge in [-0.3, -0.25) is 0 Å². The second-order valence-electron chi connectivity index (χ2n) is 3.09. The van der Waals surface area contributed by atoms with Crippen LogP contribution in [0.2, 0.25) is 5.02 Å². The number of halogens is 1. The van der Waals surface area contributed by atoms with Crippen LogP contribution in [0.5, 0.6) is 0 Å². The van der Waals surface area contributed by atoms with E-state index in [0.717, 1.165) is 17.4 Å². The molecule has 4 heteroatoms. The van der Waals surface area contributed by atoms with Gasteiger partial charge in [-0.15, -0.1) is 0 Å². The average molecular weight is 219 g/mol. The molecule has 13 heavy (non-hydrogen) atoms. The van der Waals surface area contributed by atoms with Gasteiger partial charge in [0, 0.05) is 6.26 Å². The first kappa shape index (κ1) is 10.5. The summed E-state index contributed by atoms with van der Waals surface area (Å²) in [7, 11) is -3.20. The molecule has 0 aliphatic carbocycles. The lowest BCUT2D eigenvalue weighted by Crippen LogP contribution is -1.99. The molecule has 1 aromatic rings. The van der Waals surface area contributed by atoms with Gasteiger partial charge in [-0.2, -0.15) is 0 Å². The first-order valence-corrected chi connectivity index (χ1v) is 6.06. The third kappa shape index (κ3) is 2.03. The van der Waals surface area contributed by atoms with Crippen molar-refractivity contribution in [2.24, 2.45) is 0 Å². The molecular formula is C9H11ClO2S. The zero-order valence-electron chi connectivity index (χ0n) is 7.76. The lowest BCUT2D eigenvalue weighted by atomic mass is 10.1. The van der Waals surface area contributed by atoms with Crippen molar-refractivity contribution >= 4 is 21.4 Å². The number of rotatable bonds is 1. The van der Waals surface area contributed by atoms with Gasteiger partial charge in [-0.1, -0.05) is 17.7 Å². The van der Waals surface area contributed by atoms with Crippen LogP contribution >= 0.6 is 11.6 Å². The molecular weight excluding hydrogens is 208 g/mol. The van der Waals surface area contributed by atoms with Crippen molar-refractivity contribution < 1.29 is 8.42 Å². The summed E-state index contributed by atoms with van der Waals surface area (Å²) < 4.78 is 22.5. The van der Waals surface area contributed by atoms with Crippen molar-refractivity contribution in [3.05, 3.63) is 28.3 Å². The zero-order valence-corrected chi connectivity index (χ0v) is 9.33. The Morgan fingerprint density at radius 2 is 1.77 bits per heavy atom. The van der Waals surface area contributed by atoms with E-state index in [1.807, 2.05) is 13.8 Å². The molecule has 0 heterocycles. The van der Waals surface area contributed by atoms with E-state index in [-0.39, 0.29) is 4.90 Å². The average Bonchev–Trinajstić information content (AvgIpc) is 1.98. The minimum absolute atomic E-state index is 0.206.